The van der Waals surface area contributed by atoms with Crippen LogP contribution in [0.15, 0.2) is 30.3 Å². The molecule has 0 saturated heterocycles. The number of ether oxygens (including phenoxy) is 1. The van der Waals surface area contributed by atoms with Gasteiger partial charge in [-0.3, -0.25) is 4.68 Å². The minimum absolute atomic E-state index is 0.165. The molecule has 0 radical (unpaired) electrons. The summed E-state index contributed by atoms with van der Waals surface area (Å²) in [6.45, 7) is 4.74. The molecule has 0 spiro atoms. The van der Waals surface area contributed by atoms with E-state index in [1.807, 2.05) is 24.6 Å². The van der Waals surface area contributed by atoms with E-state index in [1.165, 1.54) is 0 Å². The lowest BCUT2D eigenvalue weighted by atomic mass is 10.2. The monoisotopic (exact) mass is 246 g/mol. The number of nitrogens with zero attached hydrogens (tertiary/aromatic N) is 1. The molecule has 0 bridgehead atoms. The molecule has 0 aliphatic heterocycles. The summed E-state index contributed by atoms with van der Waals surface area (Å²) in [5, 5.41) is 9.70. The normalized spacial score (nSPS) is 10.4. The minimum atomic E-state index is 0.165. The standard InChI is InChI=1S/C14H18N2O2/c1-10-4-5-11(2)16(10)15-9-12-6-7-14(18-3)13(17)8-12/h4-8,15,17H,9H2,1-3H3. The highest BCUT2D eigenvalue weighted by atomic mass is 16.5. The van der Waals surface area contributed by atoms with Gasteiger partial charge in [0, 0.05) is 11.4 Å². The van der Waals surface area contributed by atoms with Crippen LogP contribution in [0.25, 0.3) is 0 Å². The van der Waals surface area contributed by atoms with E-state index in [4.69, 9.17) is 4.74 Å². The van der Waals surface area contributed by atoms with Crippen LogP contribution < -0.4 is 10.2 Å². The Kier molecular flexibility index (Phi) is 3.46. The molecule has 96 valence electrons. The lowest BCUT2D eigenvalue weighted by Crippen LogP contribution is -2.16. The van der Waals surface area contributed by atoms with Gasteiger partial charge >= 0.3 is 0 Å². The molecule has 0 saturated carbocycles. The number of nitrogens with one attached hydrogen (secondary N) is 1. The van der Waals surface area contributed by atoms with Crippen molar-refractivity contribution in [3.63, 3.8) is 0 Å². The first kappa shape index (κ1) is 12.4. The van der Waals surface area contributed by atoms with Crippen LogP contribution in [0.2, 0.25) is 0 Å². The maximum atomic E-state index is 9.70. The maximum absolute atomic E-state index is 9.70. The summed E-state index contributed by atoms with van der Waals surface area (Å²) < 4.78 is 7.04. The number of benzene rings is 1. The Labute approximate surface area is 107 Å². The lowest BCUT2D eigenvalue weighted by molar-refractivity contribution is 0.373. The van der Waals surface area contributed by atoms with Crippen LogP contribution in [0.5, 0.6) is 11.5 Å². The van der Waals surface area contributed by atoms with Crippen molar-refractivity contribution in [1.29, 1.82) is 0 Å². The zero-order valence-electron chi connectivity index (χ0n) is 10.9. The zero-order valence-corrected chi connectivity index (χ0v) is 10.9. The molecular formula is C14H18N2O2. The summed E-state index contributed by atoms with van der Waals surface area (Å²) in [5.74, 6) is 0.657. The van der Waals surface area contributed by atoms with Gasteiger partial charge in [-0.05, 0) is 43.7 Å². The van der Waals surface area contributed by atoms with Gasteiger partial charge in [0.25, 0.3) is 0 Å². The van der Waals surface area contributed by atoms with E-state index >= 15 is 0 Å². The van der Waals surface area contributed by atoms with Crippen molar-refractivity contribution in [2.75, 3.05) is 12.5 Å². The van der Waals surface area contributed by atoms with E-state index in [1.54, 1.807) is 19.2 Å². The lowest BCUT2D eigenvalue weighted by Gasteiger charge is -2.13. The molecule has 2 rings (SSSR count). The van der Waals surface area contributed by atoms with Gasteiger partial charge in [-0.1, -0.05) is 6.07 Å². The Morgan fingerprint density at radius 3 is 2.39 bits per heavy atom. The third kappa shape index (κ3) is 2.42. The molecule has 0 atom stereocenters. The van der Waals surface area contributed by atoms with Gasteiger partial charge in [-0.15, -0.1) is 0 Å². The molecule has 1 aromatic heterocycles. The fourth-order valence-corrected chi connectivity index (χ4v) is 1.93. The van der Waals surface area contributed by atoms with Gasteiger partial charge in [-0.25, -0.2) is 0 Å². The van der Waals surface area contributed by atoms with E-state index in [-0.39, 0.29) is 5.75 Å². The summed E-state index contributed by atoms with van der Waals surface area (Å²) in [6, 6.07) is 9.53. The fraction of sp³-hybridized carbons (Fsp3) is 0.286. The number of aromatic hydroxyl groups is 1. The summed E-state index contributed by atoms with van der Waals surface area (Å²) in [4.78, 5) is 0. The fourth-order valence-electron chi connectivity index (χ4n) is 1.93. The first-order valence-corrected chi connectivity index (χ1v) is 5.86. The van der Waals surface area contributed by atoms with Crippen molar-refractivity contribution >= 4 is 0 Å². The first-order chi connectivity index (χ1) is 8.61. The number of rotatable bonds is 4. The summed E-state index contributed by atoms with van der Waals surface area (Å²) in [7, 11) is 1.54. The summed E-state index contributed by atoms with van der Waals surface area (Å²) >= 11 is 0. The summed E-state index contributed by atoms with van der Waals surface area (Å²) in [5.41, 5.74) is 6.62. The average molecular weight is 246 g/mol. The van der Waals surface area contributed by atoms with Crippen molar-refractivity contribution in [3.05, 3.63) is 47.3 Å². The predicted octanol–water partition coefficient (Wildman–Crippen LogP) is 2.56. The van der Waals surface area contributed by atoms with Gasteiger partial charge < -0.3 is 15.3 Å². The molecule has 0 unspecified atom stereocenters. The maximum Gasteiger partial charge on any atom is 0.160 e. The van der Waals surface area contributed by atoms with E-state index in [0.717, 1.165) is 17.0 Å². The molecule has 4 heteroatoms. The molecule has 1 heterocycles. The van der Waals surface area contributed by atoms with Gasteiger partial charge in [0.2, 0.25) is 0 Å². The topological polar surface area (TPSA) is 46.4 Å². The second kappa shape index (κ2) is 5.04. The average Bonchev–Trinajstić information content (AvgIpc) is 2.67. The van der Waals surface area contributed by atoms with Gasteiger partial charge in [0.05, 0.1) is 13.7 Å². The largest absolute Gasteiger partial charge is 0.504 e. The van der Waals surface area contributed by atoms with Crippen molar-refractivity contribution in [1.82, 2.24) is 4.68 Å². The zero-order chi connectivity index (χ0) is 13.1. The smallest absolute Gasteiger partial charge is 0.160 e. The molecule has 0 amide bonds. The summed E-state index contributed by atoms with van der Waals surface area (Å²) in [6.07, 6.45) is 0. The minimum Gasteiger partial charge on any atom is -0.504 e. The predicted molar refractivity (Wildman–Crippen MR) is 71.6 cm³/mol. The van der Waals surface area contributed by atoms with Crippen molar-refractivity contribution in [2.24, 2.45) is 0 Å². The van der Waals surface area contributed by atoms with Gasteiger partial charge in [0.1, 0.15) is 0 Å². The molecule has 0 aliphatic rings. The highest BCUT2D eigenvalue weighted by molar-refractivity contribution is 5.41. The molecule has 4 nitrogen and oxygen atoms in total. The molecule has 2 aromatic rings. The molecule has 0 aliphatic carbocycles. The molecular weight excluding hydrogens is 228 g/mol. The van der Waals surface area contributed by atoms with Gasteiger partial charge in [-0.2, -0.15) is 0 Å². The quantitative estimate of drug-likeness (QED) is 0.871. The molecule has 18 heavy (non-hydrogen) atoms. The van der Waals surface area contributed by atoms with Gasteiger partial charge in [0.15, 0.2) is 11.5 Å². The second-order valence-electron chi connectivity index (χ2n) is 4.29. The number of methoxy groups -OCH3 is 1. The third-order valence-electron chi connectivity index (χ3n) is 2.96. The first-order valence-electron chi connectivity index (χ1n) is 5.86. The Hall–Kier alpha value is -2.10. The highest BCUT2D eigenvalue weighted by Crippen LogP contribution is 2.26. The molecule has 2 N–H and O–H groups in total. The van der Waals surface area contributed by atoms with Crippen LogP contribution in [0.1, 0.15) is 17.0 Å². The Balaban J connectivity index is 2.09. The number of phenols is 1. The Bertz CT molecular complexity index is 527. The van der Waals surface area contributed by atoms with E-state index in [0.29, 0.717) is 12.3 Å². The molecule has 0 fully saturated rings. The van der Waals surface area contributed by atoms with E-state index < -0.39 is 0 Å². The number of phenolic OH excluding ortho intramolecular Hbond substituents is 1. The SMILES string of the molecule is COc1ccc(CNn2c(C)ccc2C)cc1O. The van der Waals surface area contributed by atoms with Crippen LogP contribution in [0, 0.1) is 13.8 Å². The molecule has 1 aromatic carbocycles. The van der Waals surface area contributed by atoms with Crippen LogP contribution >= 0.6 is 0 Å². The number of hydrogen-bond donors (Lipinski definition) is 2. The Morgan fingerprint density at radius 1 is 1.17 bits per heavy atom. The highest BCUT2D eigenvalue weighted by Gasteiger charge is 2.04. The van der Waals surface area contributed by atoms with Crippen LogP contribution in [0.4, 0.5) is 0 Å². The van der Waals surface area contributed by atoms with Crippen LogP contribution in [0.3, 0.4) is 0 Å². The second-order valence-corrected chi connectivity index (χ2v) is 4.29. The van der Waals surface area contributed by atoms with Crippen LogP contribution in [-0.4, -0.2) is 16.9 Å². The number of aryl methyl sites for hydroxylation is 2. The Morgan fingerprint density at radius 2 is 1.83 bits per heavy atom. The van der Waals surface area contributed by atoms with Crippen LogP contribution in [-0.2, 0) is 6.54 Å². The van der Waals surface area contributed by atoms with Crippen molar-refractivity contribution in [2.45, 2.75) is 20.4 Å². The van der Waals surface area contributed by atoms with E-state index in [9.17, 15) is 5.11 Å². The number of aromatic nitrogens is 1. The number of hydrogen-bond acceptors (Lipinski definition) is 3. The van der Waals surface area contributed by atoms with E-state index in [2.05, 4.69) is 17.6 Å². The van der Waals surface area contributed by atoms with Crippen molar-refractivity contribution < 1.29 is 9.84 Å². The van der Waals surface area contributed by atoms with Crippen molar-refractivity contribution in [3.8, 4) is 11.5 Å². The third-order valence-corrected chi connectivity index (χ3v) is 2.96.